The standard InChI is InChI=1S/C10H10F3NO4S/c1-5-3-7(9(14)15)4-6(2)8(5)18-19(16,17)10(11,12)13/h3-4H,1-2H3,(H2,14,15). The fraction of sp³-hybridized carbons (Fsp3) is 0.300. The lowest BCUT2D eigenvalue weighted by Crippen LogP contribution is -2.28. The van der Waals surface area contributed by atoms with E-state index in [0.29, 0.717) is 0 Å². The number of carbonyl (C=O) groups is 1. The number of benzene rings is 1. The summed E-state index contributed by atoms with van der Waals surface area (Å²) in [5.41, 5.74) is -0.337. The summed E-state index contributed by atoms with van der Waals surface area (Å²) in [6.07, 6.45) is 0. The fourth-order valence-corrected chi connectivity index (χ4v) is 1.96. The minimum atomic E-state index is -5.75. The molecule has 0 aliphatic carbocycles. The van der Waals surface area contributed by atoms with Crippen LogP contribution in [0.5, 0.6) is 5.75 Å². The van der Waals surface area contributed by atoms with Crippen molar-refractivity contribution in [3.05, 3.63) is 28.8 Å². The van der Waals surface area contributed by atoms with Crippen molar-refractivity contribution in [3.8, 4) is 5.75 Å². The van der Waals surface area contributed by atoms with Gasteiger partial charge in [0.25, 0.3) is 0 Å². The van der Waals surface area contributed by atoms with Crippen molar-refractivity contribution in [1.29, 1.82) is 0 Å². The molecule has 1 aromatic rings. The first-order chi connectivity index (χ1) is 8.45. The summed E-state index contributed by atoms with van der Waals surface area (Å²) in [5.74, 6) is -1.25. The number of halogens is 3. The predicted octanol–water partition coefficient (Wildman–Crippen LogP) is 1.63. The summed E-state index contributed by atoms with van der Waals surface area (Å²) in [6.45, 7) is 2.61. The van der Waals surface area contributed by atoms with Crippen molar-refractivity contribution < 1.29 is 30.6 Å². The smallest absolute Gasteiger partial charge is 0.375 e. The van der Waals surface area contributed by atoms with Gasteiger partial charge in [-0.2, -0.15) is 21.6 Å². The molecule has 0 atom stereocenters. The van der Waals surface area contributed by atoms with E-state index in [1.54, 1.807) is 0 Å². The normalized spacial score (nSPS) is 12.3. The van der Waals surface area contributed by atoms with E-state index in [1.807, 2.05) is 0 Å². The molecule has 0 heterocycles. The lowest BCUT2D eigenvalue weighted by molar-refractivity contribution is -0.0500. The molecule has 2 N–H and O–H groups in total. The van der Waals surface area contributed by atoms with Crippen molar-refractivity contribution in [1.82, 2.24) is 0 Å². The average Bonchev–Trinajstić information content (AvgIpc) is 2.21. The Kier molecular flexibility index (Phi) is 3.80. The van der Waals surface area contributed by atoms with Gasteiger partial charge in [0, 0.05) is 5.56 Å². The van der Waals surface area contributed by atoms with Crippen molar-refractivity contribution in [2.45, 2.75) is 19.4 Å². The van der Waals surface area contributed by atoms with E-state index < -0.39 is 27.3 Å². The van der Waals surface area contributed by atoms with Crippen LogP contribution in [-0.2, 0) is 10.1 Å². The average molecular weight is 297 g/mol. The third-order valence-corrected chi connectivity index (χ3v) is 3.17. The summed E-state index contributed by atoms with van der Waals surface area (Å²) in [4.78, 5) is 10.9. The Bertz CT molecular complexity index is 599. The third-order valence-electron chi connectivity index (χ3n) is 2.22. The molecular weight excluding hydrogens is 287 g/mol. The number of rotatable bonds is 3. The van der Waals surface area contributed by atoms with Crippen LogP contribution in [0.4, 0.5) is 13.2 Å². The fourth-order valence-electron chi connectivity index (χ4n) is 1.38. The van der Waals surface area contributed by atoms with Gasteiger partial charge >= 0.3 is 15.6 Å². The van der Waals surface area contributed by atoms with Gasteiger partial charge in [-0.15, -0.1) is 0 Å². The van der Waals surface area contributed by atoms with E-state index in [-0.39, 0.29) is 16.7 Å². The summed E-state index contributed by atoms with van der Waals surface area (Å²) < 4.78 is 62.5. The molecule has 1 aromatic carbocycles. The van der Waals surface area contributed by atoms with Gasteiger partial charge in [-0.3, -0.25) is 4.79 Å². The first kappa shape index (κ1) is 15.3. The molecular formula is C10H10F3NO4S. The predicted molar refractivity (Wildman–Crippen MR) is 60.0 cm³/mol. The monoisotopic (exact) mass is 297 g/mol. The Hall–Kier alpha value is -1.77. The van der Waals surface area contributed by atoms with E-state index in [4.69, 9.17) is 5.73 Å². The van der Waals surface area contributed by atoms with Crippen molar-refractivity contribution in [3.63, 3.8) is 0 Å². The SMILES string of the molecule is Cc1cc(C(N)=O)cc(C)c1OS(=O)(=O)C(F)(F)F. The highest BCUT2D eigenvalue weighted by molar-refractivity contribution is 7.88. The quantitative estimate of drug-likeness (QED) is 0.678. The number of carbonyl (C=O) groups excluding carboxylic acids is 1. The van der Waals surface area contributed by atoms with Crippen LogP contribution >= 0.6 is 0 Å². The topological polar surface area (TPSA) is 86.5 Å². The van der Waals surface area contributed by atoms with E-state index in [1.165, 1.54) is 13.8 Å². The summed E-state index contributed by atoms with van der Waals surface area (Å²) >= 11 is 0. The maximum absolute atomic E-state index is 12.2. The van der Waals surface area contributed by atoms with Crippen LogP contribution in [0.3, 0.4) is 0 Å². The molecule has 0 unspecified atom stereocenters. The molecule has 0 radical (unpaired) electrons. The van der Waals surface area contributed by atoms with Gasteiger partial charge < -0.3 is 9.92 Å². The molecule has 9 heteroatoms. The van der Waals surface area contributed by atoms with E-state index >= 15 is 0 Å². The Balaban J connectivity index is 3.29. The number of hydrogen-bond donors (Lipinski definition) is 1. The zero-order chi connectivity index (χ0) is 15.0. The molecule has 0 fully saturated rings. The Morgan fingerprint density at radius 2 is 1.63 bits per heavy atom. The zero-order valence-electron chi connectivity index (χ0n) is 9.91. The molecule has 5 nitrogen and oxygen atoms in total. The number of amides is 1. The first-order valence-corrected chi connectivity index (χ1v) is 6.28. The lowest BCUT2D eigenvalue weighted by Gasteiger charge is -2.14. The number of alkyl halides is 3. The molecule has 0 aromatic heterocycles. The van der Waals surface area contributed by atoms with Gasteiger partial charge in [-0.25, -0.2) is 0 Å². The molecule has 0 saturated heterocycles. The maximum atomic E-state index is 12.2. The Labute approximate surface area is 107 Å². The molecule has 0 saturated carbocycles. The van der Waals surface area contributed by atoms with E-state index in [9.17, 15) is 26.4 Å². The van der Waals surface area contributed by atoms with Crippen LogP contribution in [-0.4, -0.2) is 19.8 Å². The number of nitrogens with two attached hydrogens (primary N) is 1. The zero-order valence-corrected chi connectivity index (χ0v) is 10.7. The molecule has 106 valence electrons. The second-order valence-corrected chi connectivity index (χ2v) is 5.32. The molecule has 0 aliphatic rings. The van der Waals surface area contributed by atoms with Crippen LogP contribution in [0.2, 0.25) is 0 Å². The summed E-state index contributed by atoms with van der Waals surface area (Å²) in [5, 5.41) is 0. The second kappa shape index (κ2) is 4.72. The first-order valence-electron chi connectivity index (χ1n) is 4.87. The second-order valence-electron chi connectivity index (χ2n) is 3.79. The number of aryl methyl sites for hydroxylation is 2. The largest absolute Gasteiger partial charge is 0.534 e. The van der Waals surface area contributed by atoms with Crippen LogP contribution in [0.15, 0.2) is 12.1 Å². The molecule has 0 spiro atoms. The summed E-state index contributed by atoms with van der Waals surface area (Å²) in [7, 11) is -5.75. The van der Waals surface area contributed by atoms with Crippen molar-refractivity contribution in [2.75, 3.05) is 0 Å². The van der Waals surface area contributed by atoms with Crippen molar-refractivity contribution in [2.24, 2.45) is 5.73 Å². The minimum absolute atomic E-state index is 0.0479. The van der Waals surface area contributed by atoms with Gasteiger partial charge in [-0.05, 0) is 37.1 Å². The van der Waals surface area contributed by atoms with Crippen LogP contribution in [0.1, 0.15) is 21.5 Å². The van der Waals surface area contributed by atoms with Gasteiger partial charge in [-0.1, -0.05) is 0 Å². The van der Waals surface area contributed by atoms with Crippen molar-refractivity contribution >= 4 is 16.0 Å². The van der Waals surface area contributed by atoms with E-state index in [2.05, 4.69) is 4.18 Å². The molecule has 1 amide bonds. The molecule has 0 bridgehead atoms. The highest BCUT2D eigenvalue weighted by atomic mass is 32.2. The number of hydrogen-bond acceptors (Lipinski definition) is 4. The molecule has 0 aliphatic heterocycles. The minimum Gasteiger partial charge on any atom is -0.375 e. The van der Waals surface area contributed by atoms with Gasteiger partial charge in [0.2, 0.25) is 5.91 Å². The van der Waals surface area contributed by atoms with Crippen LogP contribution < -0.4 is 9.92 Å². The van der Waals surface area contributed by atoms with Crippen LogP contribution in [0, 0.1) is 13.8 Å². The Morgan fingerprint density at radius 1 is 1.21 bits per heavy atom. The molecule has 1 rings (SSSR count). The molecule has 19 heavy (non-hydrogen) atoms. The van der Waals surface area contributed by atoms with Crippen LogP contribution in [0.25, 0.3) is 0 Å². The van der Waals surface area contributed by atoms with Gasteiger partial charge in [0.05, 0.1) is 0 Å². The van der Waals surface area contributed by atoms with Gasteiger partial charge in [0.1, 0.15) is 5.75 Å². The van der Waals surface area contributed by atoms with Gasteiger partial charge in [0.15, 0.2) is 0 Å². The highest BCUT2D eigenvalue weighted by Gasteiger charge is 2.48. The maximum Gasteiger partial charge on any atom is 0.534 e. The highest BCUT2D eigenvalue weighted by Crippen LogP contribution is 2.31. The van der Waals surface area contributed by atoms with E-state index in [0.717, 1.165) is 12.1 Å². The Morgan fingerprint density at radius 3 is 1.95 bits per heavy atom. The lowest BCUT2D eigenvalue weighted by atomic mass is 10.1. The third kappa shape index (κ3) is 3.16. The number of primary amides is 1. The summed E-state index contributed by atoms with van der Waals surface area (Å²) in [6, 6.07) is 2.30.